The summed E-state index contributed by atoms with van der Waals surface area (Å²) in [5, 5.41) is 12.9. The first-order valence-electron chi connectivity index (χ1n) is 9.18. The van der Waals surface area contributed by atoms with Crippen molar-refractivity contribution in [1.29, 1.82) is 0 Å². The van der Waals surface area contributed by atoms with Gasteiger partial charge in [-0.15, -0.1) is 11.3 Å². The molecule has 0 aliphatic rings. The predicted octanol–water partition coefficient (Wildman–Crippen LogP) is 4.52. The molecule has 7 heteroatoms. The largest absolute Gasteiger partial charge is 0.347 e. The Bertz CT molecular complexity index is 876. The highest BCUT2D eigenvalue weighted by Gasteiger charge is 2.20. The van der Waals surface area contributed by atoms with Crippen molar-refractivity contribution in [3.8, 4) is 0 Å². The first-order valence-corrected chi connectivity index (χ1v) is 10.9. The predicted molar refractivity (Wildman–Crippen MR) is 111 cm³/mol. The van der Waals surface area contributed by atoms with Crippen LogP contribution in [-0.4, -0.2) is 20.7 Å². The van der Waals surface area contributed by atoms with Crippen molar-refractivity contribution in [1.82, 2.24) is 20.1 Å². The first kappa shape index (κ1) is 19.8. The molecule has 0 spiro atoms. The molecule has 0 aliphatic carbocycles. The second kappa shape index (κ2) is 8.80. The van der Waals surface area contributed by atoms with Crippen molar-refractivity contribution < 1.29 is 4.79 Å². The summed E-state index contributed by atoms with van der Waals surface area (Å²) in [7, 11) is 0. The van der Waals surface area contributed by atoms with Gasteiger partial charge in [-0.2, -0.15) is 16.4 Å². The molecule has 144 valence electrons. The summed E-state index contributed by atoms with van der Waals surface area (Å²) >= 11 is 3.35. The smallest absolute Gasteiger partial charge is 0.220 e. The monoisotopic (exact) mass is 402 g/mol. The summed E-state index contributed by atoms with van der Waals surface area (Å²) in [4.78, 5) is 18.5. The van der Waals surface area contributed by atoms with Crippen LogP contribution < -0.4 is 5.32 Å². The van der Waals surface area contributed by atoms with Crippen LogP contribution in [0.1, 0.15) is 51.4 Å². The molecule has 0 bridgehead atoms. The average molecular weight is 403 g/mol. The van der Waals surface area contributed by atoms with Crippen LogP contribution in [0.2, 0.25) is 0 Å². The van der Waals surface area contributed by atoms with E-state index in [2.05, 4.69) is 45.2 Å². The molecule has 1 N–H and O–H groups in total. The maximum absolute atomic E-state index is 12.6. The number of nitrogens with zero attached hydrogens (tertiary/aromatic N) is 3. The fourth-order valence-corrected chi connectivity index (χ4v) is 4.70. The minimum absolute atomic E-state index is 0.0711. The zero-order valence-electron chi connectivity index (χ0n) is 16.3. The Balaban J connectivity index is 1.60. The van der Waals surface area contributed by atoms with E-state index in [9.17, 15) is 4.79 Å². The van der Waals surface area contributed by atoms with Gasteiger partial charge >= 0.3 is 0 Å². The second-order valence-electron chi connectivity index (χ2n) is 6.90. The molecule has 0 aromatic carbocycles. The van der Waals surface area contributed by atoms with Crippen LogP contribution in [0.3, 0.4) is 0 Å². The van der Waals surface area contributed by atoms with E-state index in [1.807, 2.05) is 25.5 Å². The van der Waals surface area contributed by atoms with Crippen LogP contribution in [0.25, 0.3) is 0 Å². The quantitative estimate of drug-likeness (QED) is 0.603. The van der Waals surface area contributed by atoms with Gasteiger partial charge in [0.05, 0.1) is 17.4 Å². The number of carbonyl (C=O) groups excluding carboxylic acids is 1. The molecular formula is C20H26N4OS2. The van der Waals surface area contributed by atoms with Gasteiger partial charge < -0.3 is 5.32 Å². The Kier molecular flexibility index (Phi) is 6.44. The Morgan fingerprint density at radius 3 is 2.70 bits per heavy atom. The minimum Gasteiger partial charge on any atom is -0.347 e. The Hall–Kier alpha value is -1.99. The van der Waals surface area contributed by atoms with Crippen molar-refractivity contribution in [2.45, 2.75) is 59.5 Å². The van der Waals surface area contributed by atoms with Crippen LogP contribution in [0.15, 0.2) is 22.9 Å². The van der Waals surface area contributed by atoms with E-state index in [1.165, 1.54) is 10.4 Å². The number of hydrogen-bond donors (Lipinski definition) is 1. The molecule has 0 aliphatic heterocycles. The minimum atomic E-state index is -0.0711. The normalized spacial score (nSPS) is 12.3. The van der Waals surface area contributed by atoms with E-state index < -0.39 is 0 Å². The highest BCUT2D eigenvalue weighted by Crippen LogP contribution is 2.26. The lowest BCUT2D eigenvalue weighted by atomic mass is 10.1. The fourth-order valence-electron chi connectivity index (χ4n) is 3.05. The van der Waals surface area contributed by atoms with Gasteiger partial charge in [0.2, 0.25) is 5.91 Å². The maximum Gasteiger partial charge on any atom is 0.220 e. The molecule has 0 saturated heterocycles. The molecule has 1 atom stereocenters. The lowest BCUT2D eigenvalue weighted by molar-refractivity contribution is -0.122. The topological polar surface area (TPSA) is 59.8 Å². The average Bonchev–Trinajstić information content (AvgIpc) is 3.30. The molecule has 3 rings (SSSR count). The van der Waals surface area contributed by atoms with Gasteiger partial charge in [0.15, 0.2) is 0 Å². The Morgan fingerprint density at radius 1 is 1.30 bits per heavy atom. The third-order valence-corrected chi connectivity index (χ3v) is 6.49. The summed E-state index contributed by atoms with van der Waals surface area (Å²) in [5.74, 6) is 0.0715. The SMILES string of the molecule is Cc1cc(C)n(CCCC(=O)N[C@H](Cc2ccsc2)c2nc(C)c(C)s2)n1. The summed E-state index contributed by atoms with van der Waals surface area (Å²) < 4.78 is 1.97. The van der Waals surface area contributed by atoms with Crippen LogP contribution in [0, 0.1) is 27.7 Å². The molecule has 3 aromatic rings. The van der Waals surface area contributed by atoms with Crippen molar-refractivity contribution in [2.75, 3.05) is 0 Å². The van der Waals surface area contributed by atoms with Gasteiger partial charge in [0.1, 0.15) is 5.01 Å². The van der Waals surface area contributed by atoms with Crippen LogP contribution in [0.4, 0.5) is 0 Å². The second-order valence-corrected chi connectivity index (χ2v) is 8.92. The van der Waals surface area contributed by atoms with Gasteiger partial charge in [-0.05, 0) is 62.6 Å². The lowest BCUT2D eigenvalue weighted by Gasteiger charge is -2.16. The molecule has 0 radical (unpaired) electrons. The van der Waals surface area contributed by atoms with E-state index >= 15 is 0 Å². The lowest BCUT2D eigenvalue weighted by Crippen LogP contribution is -2.30. The van der Waals surface area contributed by atoms with Crippen molar-refractivity contribution >= 4 is 28.6 Å². The third kappa shape index (κ3) is 5.26. The van der Waals surface area contributed by atoms with E-state index in [0.29, 0.717) is 6.42 Å². The highest BCUT2D eigenvalue weighted by atomic mass is 32.1. The van der Waals surface area contributed by atoms with Crippen LogP contribution >= 0.6 is 22.7 Å². The Labute approximate surface area is 168 Å². The molecule has 27 heavy (non-hydrogen) atoms. The zero-order chi connectivity index (χ0) is 19.4. The maximum atomic E-state index is 12.6. The number of aromatic nitrogens is 3. The van der Waals surface area contributed by atoms with E-state index in [1.54, 1.807) is 22.7 Å². The molecule has 0 unspecified atom stereocenters. The summed E-state index contributed by atoms with van der Waals surface area (Å²) in [6.07, 6.45) is 2.04. The van der Waals surface area contributed by atoms with E-state index in [0.717, 1.165) is 41.5 Å². The summed E-state index contributed by atoms with van der Waals surface area (Å²) in [6, 6.07) is 4.10. The summed E-state index contributed by atoms with van der Waals surface area (Å²) in [6.45, 7) is 8.90. The number of hydrogen-bond acceptors (Lipinski definition) is 5. The molecule has 0 saturated carbocycles. The number of carbonyl (C=O) groups is 1. The van der Waals surface area contributed by atoms with E-state index in [4.69, 9.17) is 0 Å². The standard InChI is InChI=1S/C20H26N4OS2/c1-13-10-14(2)24(23-13)8-5-6-19(25)22-18(11-17-7-9-26-12-17)20-21-15(3)16(4)27-20/h7,9-10,12,18H,5-6,8,11H2,1-4H3,(H,22,25)/t18-/m1/s1. The van der Waals surface area contributed by atoms with Gasteiger partial charge in [0.25, 0.3) is 0 Å². The fraction of sp³-hybridized carbons (Fsp3) is 0.450. The van der Waals surface area contributed by atoms with Gasteiger partial charge in [-0.3, -0.25) is 9.48 Å². The van der Waals surface area contributed by atoms with Crippen molar-refractivity contribution in [2.24, 2.45) is 0 Å². The van der Waals surface area contributed by atoms with Gasteiger partial charge in [-0.1, -0.05) is 0 Å². The first-order chi connectivity index (χ1) is 12.9. The summed E-state index contributed by atoms with van der Waals surface area (Å²) in [5.41, 5.74) is 4.43. The molecule has 1 amide bonds. The molecule has 5 nitrogen and oxygen atoms in total. The molecule has 3 aromatic heterocycles. The van der Waals surface area contributed by atoms with Gasteiger partial charge in [-0.25, -0.2) is 4.98 Å². The molecule has 0 fully saturated rings. The van der Waals surface area contributed by atoms with Crippen molar-refractivity contribution in [3.05, 3.63) is 55.4 Å². The zero-order valence-corrected chi connectivity index (χ0v) is 17.9. The van der Waals surface area contributed by atoms with Crippen molar-refractivity contribution in [3.63, 3.8) is 0 Å². The number of thiophene rings is 1. The van der Waals surface area contributed by atoms with Crippen LogP contribution in [0.5, 0.6) is 0 Å². The van der Waals surface area contributed by atoms with Crippen LogP contribution in [-0.2, 0) is 17.8 Å². The molecular weight excluding hydrogens is 376 g/mol. The van der Waals surface area contributed by atoms with E-state index in [-0.39, 0.29) is 11.9 Å². The number of thiazole rings is 1. The third-order valence-electron chi connectivity index (χ3n) is 4.58. The molecule has 3 heterocycles. The number of amides is 1. The number of aryl methyl sites for hydroxylation is 5. The highest BCUT2D eigenvalue weighted by molar-refractivity contribution is 7.11. The Morgan fingerprint density at radius 2 is 2.11 bits per heavy atom. The number of nitrogens with one attached hydrogen (secondary N) is 1. The van der Waals surface area contributed by atoms with Gasteiger partial charge in [0, 0.05) is 30.0 Å². The number of rotatable bonds is 8.